The molecule has 17 heavy (non-hydrogen) atoms. The van der Waals surface area contributed by atoms with Crippen molar-refractivity contribution in [2.45, 2.75) is 24.2 Å². The van der Waals surface area contributed by atoms with Crippen molar-refractivity contribution in [1.82, 2.24) is 0 Å². The molecule has 1 aromatic rings. The topological polar surface area (TPSA) is 54.4 Å². The highest BCUT2D eigenvalue weighted by atomic mass is 35.5. The molecule has 0 saturated carbocycles. The first-order chi connectivity index (χ1) is 7.72. The third-order valence-electron chi connectivity index (χ3n) is 2.64. The van der Waals surface area contributed by atoms with E-state index < -0.39 is 20.1 Å². The predicted molar refractivity (Wildman–Crippen MR) is 70.1 cm³/mol. The van der Waals surface area contributed by atoms with Crippen LogP contribution in [-0.2, 0) is 9.84 Å². The van der Waals surface area contributed by atoms with Crippen molar-refractivity contribution in [3.8, 4) is 0 Å². The lowest BCUT2D eigenvalue weighted by molar-refractivity contribution is 0.162. The van der Waals surface area contributed by atoms with Crippen LogP contribution in [0.3, 0.4) is 0 Å². The largest absolute Gasteiger partial charge is 0.385 e. The van der Waals surface area contributed by atoms with E-state index in [2.05, 4.69) is 0 Å². The minimum absolute atomic E-state index is 0.134. The van der Waals surface area contributed by atoms with Crippen LogP contribution in [0.15, 0.2) is 24.3 Å². The highest BCUT2D eigenvalue weighted by molar-refractivity contribution is 7.94. The quantitative estimate of drug-likeness (QED) is 0.869. The molecule has 0 amide bonds. The van der Waals surface area contributed by atoms with E-state index in [1.165, 1.54) is 19.9 Å². The second kappa shape index (κ2) is 5.14. The van der Waals surface area contributed by atoms with Gasteiger partial charge in [-0.2, -0.15) is 0 Å². The van der Waals surface area contributed by atoms with Gasteiger partial charge in [-0.05, 0) is 24.6 Å². The average molecular weight is 297 g/mol. The molecule has 0 aromatic heterocycles. The van der Waals surface area contributed by atoms with Crippen LogP contribution < -0.4 is 0 Å². The van der Waals surface area contributed by atoms with Crippen LogP contribution in [0.25, 0.3) is 0 Å². The summed E-state index contributed by atoms with van der Waals surface area (Å²) in [7, 11) is -3.59. The molecule has 96 valence electrons. The molecule has 1 rings (SSSR count). The Labute approximate surface area is 111 Å². The number of benzene rings is 1. The van der Waals surface area contributed by atoms with E-state index in [4.69, 9.17) is 23.2 Å². The summed E-state index contributed by atoms with van der Waals surface area (Å²) in [5.74, 6) is -0.134. The molecule has 0 radical (unpaired) electrons. The standard InChI is InChI=1S/C11H14Cl2O3S/c1-3-17(15,16)11(2,13)10(14)8-5-4-6-9(12)7-8/h4-7,10,14H,3H2,1-2H3/t10-,11-/m0/s1. The van der Waals surface area contributed by atoms with Crippen LogP contribution in [0, 0.1) is 0 Å². The fourth-order valence-electron chi connectivity index (χ4n) is 1.43. The van der Waals surface area contributed by atoms with Gasteiger partial charge >= 0.3 is 0 Å². The summed E-state index contributed by atoms with van der Waals surface area (Å²) in [6.07, 6.45) is -1.33. The Kier molecular flexibility index (Phi) is 4.47. The number of hydrogen-bond donors (Lipinski definition) is 1. The van der Waals surface area contributed by atoms with Crippen LogP contribution in [-0.4, -0.2) is 23.5 Å². The molecule has 6 heteroatoms. The number of alkyl halides is 1. The van der Waals surface area contributed by atoms with Crippen molar-refractivity contribution in [2.75, 3.05) is 5.75 Å². The van der Waals surface area contributed by atoms with Gasteiger partial charge in [-0.15, -0.1) is 0 Å². The molecule has 0 aliphatic heterocycles. The number of hydrogen-bond acceptors (Lipinski definition) is 3. The van der Waals surface area contributed by atoms with E-state index in [-0.39, 0.29) is 5.75 Å². The molecule has 0 heterocycles. The SMILES string of the molecule is CCS(=O)(=O)[C@](C)(Cl)[C@@H](O)c1cccc(Cl)c1. The average Bonchev–Trinajstić information content (AvgIpc) is 2.27. The van der Waals surface area contributed by atoms with Crippen LogP contribution in [0.1, 0.15) is 25.5 Å². The summed E-state index contributed by atoms with van der Waals surface area (Å²) in [5.41, 5.74) is 0.382. The molecule has 1 N–H and O–H groups in total. The van der Waals surface area contributed by atoms with Crippen molar-refractivity contribution >= 4 is 33.0 Å². The number of aliphatic hydroxyl groups excluding tert-OH is 1. The number of sulfone groups is 1. The monoisotopic (exact) mass is 296 g/mol. The van der Waals surface area contributed by atoms with Gasteiger partial charge < -0.3 is 5.11 Å². The maximum absolute atomic E-state index is 11.8. The van der Waals surface area contributed by atoms with E-state index in [0.717, 1.165) is 0 Å². The third-order valence-corrected chi connectivity index (χ3v) is 5.99. The van der Waals surface area contributed by atoms with Crippen molar-refractivity contribution < 1.29 is 13.5 Å². The van der Waals surface area contributed by atoms with Gasteiger partial charge in [-0.3, -0.25) is 0 Å². The Balaban J connectivity index is 3.17. The Morgan fingerprint density at radius 1 is 1.47 bits per heavy atom. The lowest BCUT2D eigenvalue weighted by Gasteiger charge is -2.27. The summed E-state index contributed by atoms with van der Waals surface area (Å²) in [5, 5.41) is 10.5. The molecule has 3 nitrogen and oxygen atoms in total. The van der Waals surface area contributed by atoms with E-state index in [1.807, 2.05) is 0 Å². The Hall–Kier alpha value is -0.290. The zero-order valence-electron chi connectivity index (χ0n) is 9.52. The molecule has 2 atom stereocenters. The van der Waals surface area contributed by atoms with E-state index in [1.54, 1.807) is 18.2 Å². The molecule has 0 spiro atoms. The van der Waals surface area contributed by atoms with E-state index >= 15 is 0 Å². The second-order valence-electron chi connectivity index (χ2n) is 3.85. The van der Waals surface area contributed by atoms with Gasteiger partial charge in [0.25, 0.3) is 0 Å². The van der Waals surface area contributed by atoms with Crippen molar-refractivity contribution in [2.24, 2.45) is 0 Å². The van der Waals surface area contributed by atoms with Gasteiger partial charge in [-0.1, -0.05) is 42.3 Å². The fourth-order valence-corrected chi connectivity index (χ4v) is 3.12. The zero-order chi connectivity index (χ0) is 13.3. The zero-order valence-corrected chi connectivity index (χ0v) is 11.9. The normalized spacial score (nSPS) is 17.5. The second-order valence-corrected chi connectivity index (χ2v) is 7.95. The Bertz CT molecular complexity index is 497. The molecular formula is C11H14Cl2O3S. The third kappa shape index (κ3) is 2.94. The molecular weight excluding hydrogens is 283 g/mol. The van der Waals surface area contributed by atoms with Crippen LogP contribution >= 0.6 is 23.2 Å². The van der Waals surface area contributed by atoms with Gasteiger partial charge in [0.2, 0.25) is 0 Å². The van der Waals surface area contributed by atoms with Crippen LogP contribution in [0.2, 0.25) is 5.02 Å². The summed E-state index contributed by atoms with van der Waals surface area (Å²) in [6.45, 7) is 2.78. The first-order valence-corrected chi connectivity index (χ1v) is 7.48. The van der Waals surface area contributed by atoms with Crippen LogP contribution in [0.5, 0.6) is 0 Å². The highest BCUT2D eigenvalue weighted by Gasteiger charge is 2.43. The first kappa shape index (κ1) is 14.8. The molecule has 0 aliphatic carbocycles. The Morgan fingerprint density at radius 3 is 2.53 bits per heavy atom. The van der Waals surface area contributed by atoms with Gasteiger partial charge in [0.15, 0.2) is 14.0 Å². The van der Waals surface area contributed by atoms with Crippen molar-refractivity contribution in [3.05, 3.63) is 34.9 Å². The minimum Gasteiger partial charge on any atom is -0.385 e. The van der Waals surface area contributed by atoms with Gasteiger partial charge in [0, 0.05) is 10.8 Å². The van der Waals surface area contributed by atoms with E-state index in [9.17, 15) is 13.5 Å². The van der Waals surface area contributed by atoms with Gasteiger partial charge in [0.05, 0.1) is 0 Å². The first-order valence-electron chi connectivity index (χ1n) is 5.07. The maximum atomic E-state index is 11.8. The van der Waals surface area contributed by atoms with Crippen LogP contribution in [0.4, 0.5) is 0 Å². The van der Waals surface area contributed by atoms with Crippen molar-refractivity contribution in [1.29, 1.82) is 0 Å². The van der Waals surface area contributed by atoms with Gasteiger partial charge in [-0.25, -0.2) is 8.42 Å². The minimum atomic E-state index is -3.59. The van der Waals surface area contributed by atoms with Crippen molar-refractivity contribution in [3.63, 3.8) is 0 Å². The van der Waals surface area contributed by atoms with Gasteiger partial charge in [0.1, 0.15) is 6.10 Å². The van der Waals surface area contributed by atoms with E-state index in [0.29, 0.717) is 10.6 Å². The number of rotatable bonds is 4. The highest BCUT2D eigenvalue weighted by Crippen LogP contribution is 2.37. The fraction of sp³-hybridized carbons (Fsp3) is 0.455. The predicted octanol–water partition coefficient (Wildman–Crippen LogP) is 2.76. The summed E-state index contributed by atoms with van der Waals surface area (Å²) < 4.78 is 21.8. The number of halogens is 2. The molecule has 0 unspecified atom stereocenters. The molecule has 0 aliphatic rings. The molecule has 0 fully saturated rings. The summed E-state index contributed by atoms with van der Waals surface area (Å²) in [4.78, 5) is 0. The molecule has 0 saturated heterocycles. The molecule has 0 bridgehead atoms. The molecule has 1 aromatic carbocycles. The lowest BCUT2D eigenvalue weighted by atomic mass is 10.1. The number of aliphatic hydroxyl groups is 1. The Morgan fingerprint density at radius 2 is 2.06 bits per heavy atom. The lowest BCUT2D eigenvalue weighted by Crippen LogP contribution is -2.37. The summed E-state index contributed by atoms with van der Waals surface area (Å²) >= 11 is 11.8. The maximum Gasteiger partial charge on any atom is 0.172 e. The summed E-state index contributed by atoms with van der Waals surface area (Å²) in [6, 6.07) is 6.35. The smallest absolute Gasteiger partial charge is 0.172 e.